The molecule has 0 spiro atoms. The number of hydrogen-bond acceptors (Lipinski definition) is 4. The van der Waals surface area contributed by atoms with E-state index in [9.17, 15) is 26.0 Å². The molecule has 0 bridgehead atoms. The number of sulfonamides is 1. The molecule has 0 atom stereocenters. The number of benzene rings is 2. The van der Waals surface area contributed by atoms with Crippen LogP contribution in [0.3, 0.4) is 0 Å². The van der Waals surface area contributed by atoms with Gasteiger partial charge in [-0.2, -0.15) is 8.78 Å². The normalized spacial score (nSPS) is 16.3. The number of ether oxygens (including phenoxy) is 1. The van der Waals surface area contributed by atoms with E-state index in [4.69, 9.17) is 0 Å². The van der Waals surface area contributed by atoms with E-state index in [0.29, 0.717) is 38.0 Å². The van der Waals surface area contributed by atoms with Crippen LogP contribution in [0.4, 0.5) is 17.6 Å². The molecule has 1 N–H and O–H groups in total. The molecule has 158 valence electrons. The van der Waals surface area contributed by atoms with Gasteiger partial charge < -0.3 is 4.74 Å². The number of nitrogens with one attached hydrogen (secondary N) is 1. The van der Waals surface area contributed by atoms with Crippen molar-refractivity contribution in [2.24, 2.45) is 0 Å². The molecule has 3 rings (SSSR count). The number of nitrogens with zero attached hydrogens (tertiary/aromatic N) is 1. The largest absolute Gasteiger partial charge is 0.433 e. The van der Waals surface area contributed by atoms with Crippen LogP contribution in [0.5, 0.6) is 5.75 Å². The first-order valence-corrected chi connectivity index (χ1v) is 10.5. The summed E-state index contributed by atoms with van der Waals surface area (Å²) in [5.74, 6) is -2.22. The molecule has 0 amide bonds. The first-order valence-electron chi connectivity index (χ1n) is 8.97. The second-order valence-corrected chi connectivity index (χ2v) is 8.43. The highest BCUT2D eigenvalue weighted by Gasteiger charge is 2.27. The molecule has 1 saturated heterocycles. The lowest BCUT2D eigenvalue weighted by atomic mass is 10.1. The molecule has 2 aromatic rings. The molecule has 10 heteroatoms. The van der Waals surface area contributed by atoms with Crippen LogP contribution in [0.25, 0.3) is 0 Å². The van der Waals surface area contributed by atoms with Gasteiger partial charge in [-0.15, -0.1) is 0 Å². The molecule has 1 aliphatic rings. The molecule has 0 aromatic heterocycles. The Morgan fingerprint density at radius 1 is 1.07 bits per heavy atom. The fraction of sp³-hybridized carbons (Fsp3) is 0.368. The molecule has 1 heterocycles. The topological polar surface area (TPSA) is 58.6 Å². The van der Waals surface area contributed by atoms with Crippen molar-refractivity contribution in [3.05, 3.63) is 59.7 Å². The lowest BCUT2D eigenvalue weighted by Crippen LogP contribution is -2.44. The number of rotatable bonds is 7. The number of hydrogen-bond donors (Lipinski definition) is 1. The van der Waals surface area contributed by atoms with Gasteiger partial charge in [0.1, 0.15) is 10.6 Å². The molecule has 0 aliphatic carbocycles. The molecule has 29 heavy (non-hydrogen) atoms. The Balaban J connectivity index is 1.59. The van der Waals surface area contributed by atoms with Crippen molar-refractivity contribution in [1.29, 1.82) is 0 Å². The van der Waals surface area contributed by atoms with Gasteiger partial charge in [0.2, 0.25) is 10.0 Å². The van der Waals surface area contributed by atoms with Crippen molar-refractivity contribution < 1.29 is 30.7 Å². The van der Waals surface area contributed by atoms with Crippen LogP contribution in [0.15, 0.2) is 47.4 Å². The van der Waals surface area contributed by atoms with Crippen LogP contribution in [-0.2, 0) is 16.6 Å². The van der Waals surface area contributed by atoms with E-state index >= 15 is 0 Å². The van der Waals surface area contributed by atoms with Crippen molar-refractivity contribution in [2.45, 2.75) is 36.9 Å². The summed E-state index contributed by atoms with van der Waals surface area (Å²) in [7, 11) is -4.04. The summed E-state index contributed by atoms with van der Waals surface area (Å²) in [5.41, 5.74) is 0.626. The second kappa shape index (κ2) is 9.10. The second-order valence-electron chi connectivity index (χ2n) is 6.75. The van der Waals surface area contributed by atoms with Gasteiger partial charge in [-0.05, 0) is 42.7 Å². The number of piperidine rings is 1. The molecule has 1 aliphatic heterocycles. The fourth-order valence-electron chi connectivity index (χ4n) is 3.25. The van der Waals surface area contributed by atoms with E-state index in [0.717, 1.165) is 12.1 Å². The third-order valence-electron chi connectivity index (χ3n) is 4.65. The molecular formula is C19H20F4N2O3S. The third-order valence-corrected chi connectivity index (χ3v) is 6.21. The SMILES string of the molecule is O=S(=O)(NC1CCN(Cc2ccc(F)c(F)c2)CC1)c1ccccc1OC(F)F. The van der Waals surface area contributed by atoms with Crippen LogP contribution in [0, 0.1) is 11.6 Å². The first-order chi connectivity index (χ1) is 13.7. The third kappa shape index (κ3) is 5.68. The lowest BCUT2D eigenvalue weighted by molar-refractivity contribution is -0.0517. The molecule has 0 saturated carbocycles. The van der Waals surface area contributed by atoms with Gasteiger partial charge >= 0.3 is 6.61 Å². The van der Waals surface area contributed by atoms with Crippen LogP contribution < -0.4 is 9.46 Å². The minimum atomic E-state index is -4.04. The van der Waals surface area contributed by atoms with Crippen LogP contribution in [0.1, 0.15) is 18.4 Å². The van der Waals surface area contributed by atoms with Crippen molar-refractivity contribution in [2.75, 3.05) is 13.1 Å². The average Bonchev–Trinajstić information content (AvgIpc) is 2.66. The summed E-state index contributed by atoms with van der Waals surface area (Å²) >= 11 is 0. The zero-order valence-electron chi connectivity index (χ0n) is 15.3. The molecule has 2 aromatic carbocycles. The maximum absolute atomic E-state index is 13.3. The maximum Gasteiger partial charge on any atom is 0.387 e. The first kappa shape index (κ1) is 21.5. The molecule has 0 radical (unpaired) electrons. The maximum atomic E-state index is 13.3. The molecule has 0 unspecified atom stereocenters. The van der Waals surface area contributed by atoms with Gasteiger partial charge in [0.15, 0.2) is 11.6 Å². The Bertz CT molecular complexity index is 948. The predicted octanol–water partition coefficient (Wildman–Crippen LogP) is 3.51. The summed E-state index contributed by atoms with van der Waals surface area (Å²) in [4.78, 5) is 1.66. The van der Waals surface area contributed by atoms with E-state index in [2.05, 4.69) is 9.46 Å². The van der Waals surface area contributed by atoms with Gasteiger partial charge in [0.05, 0.1) is 0 Å². The Morgan fingerprint density at radius 3 is 2.41 bits per heavy atom. The Hall–Kier alpha value is -2.17. The number of alkyl halides is 2. The standard InChI is InChI=1S/C19H20F4N2O3S/c20-15-6-5-13(11-16(15)21)12-25-9-7-14(8-10-25)24-29(26,27)18-4-2-1-3-17(18)28-19(22)23/h1-6,11,14,19,24H,7-10,12H2. The van der Waals surface area contributed by atoms with Crippen molar-refractivity contribution >= 4 is 10.0 Å². The Labute approximate surface area is 166 Å². The van der Waals surface area contributed by atoms with Crippen molar-refractivity contribution in [3.8, 4) is 5.75 Å². The summed E-state index contributed by atoms with van der Waals surface area (Å²) < 4.78 is 83.5. The fourth-order valence-corrected chi connectivity index (χ4v) is 4.69. The van der Waals surface area contributed by atoms with E-state index in [1.807, 2.05) is 4.90 Å². The van der Waals surface area contributed by atoms with Gasteiger partial charge in [-0.3, -0.25) is 4.90 Å². The van der Waals surface area contributed by atoms with E-state index in [1.54, 1.807) is 0 Å². The smallest absolute Gasteiger partial charge is 0.387 e. The highest BCUT2D eigenvalue weighted by Crippen LogP contribution is 2.26. The summed E-state index contributed by atoms with van der Waals surface area (Å²) in [5, 5.41) is 0. The van der Waals surface area contributed by atoms with Crippen LogP contribution >= 0.6 is 0 Å². The van der Waals surface area contributed by atoms with Gasteiger partial charge in [-0.25, -0.2) is 21.9 Å². The van der Waals surface area contributed by atoms with E-state index in [1.165, 1.54) is 30.3 Å². The lowest BCUT2D eigenvalue weighted by Gasteiger charge is -2.32. The van der Waals surface area contributed by atoms with Crippen LogP contribution in [-0.4, -0.2) is 39.1 Å². The minimum Gasteiger partial charge on any atom is -0.433 e. The quantitative estimate of drug-likeness (QED) is 0.681. The van der Waals surface area contributed by atoms with Crippen molar-refractivity contribution in [3.63, 3.8) is 0 Å². The number of para-hydroxylation sites is 1. The van der Waals surface area contributed by atoms with Gasteiger partial charge in [-0.1, -0.05) is 18.2 Å². The van der Waals surface area contributed by atoms with Gasteiger partial charge in [0.25, 0.3) is 0 Å². The summed E-state index contributed by atoms with van der Waals surface area (Å²) in [6, 6.07) is 8.57. The Morgan fingerprint density at radius 2 is 1.76 bits per heavy atom. The number of halogens is 4. The van der Waals surface area contributed by atoms with E-state index in [-0.39, 0.29) is 10.9 Å². The Kier molecular flexibility index (Phi) is 6.76. The zero-order chi connectivity index (χ0) is 21.0. The van der Waals surface area contributed by atoms with E-state index < -0.39 is 34.0 Å². The molecule has 5 nitrogen and oxygen atoms in total. The molecular weight excluding hydrogens is 412 g/mol. The molecule has 1 fully saturated rings. The van der Waals surface area contributed by atoms with Gasteiger partial charge in [0, 0.05) is 25.7 Å². The van der Waals surface area contributed by atoms with Crippen LogP contribution in [0.2, 0.25) is 0 Å². The summed E-state index contributed by atoms with van der Waals surface area (Å²) in [6.45, 7) is -1.63. The number of likely N-dealkylation sites (tertiary alicyclic amines) is 1. The summed E-state index contributed by atoms with van der Waals surface area (Å²) in [6.07, 6.45) is 0.974. The highest BCUT2D eigenvalue weighted by molar-refractivity contribution is 7.89. The zero-order valence-corrected chi connectivity index (χ0v) is 16.1. The predicted molar refractivity (Wildman–Crippen MR) is 98.1 cm³/mol. The minimum absolute atomic E-state index is 0.343. The monoisotopic (exact) mass is 432 g/mol. The van der Waals surface area contributed by atoms with Crippen molar-refractivity contribution in [1.82, 2.24) is 9.62 Å². The average molecular weight is 432 g/mol. The highest BCUT2D eigenvalue weighted by atomic mass is 32.2.